The average Bonchev–Trinajstić information content (AvgIpc) is 2.74. The lowest BCUT2D eigenvalue weighted by Crippen LogP contribution is -2.23. The number of rotatable bonds is 6. The van der Waals surface area contributed by atoms with Crippen LogP contribution in [-0.4, -0.2) is 22.0 Å². The lowest BCUT2D eigenvalue weighted by Gasteiger charge is -2.23. The molecule has 2 amide bonds. The topological polar surface area (TPSA) is 91.0 Å². The molecule has 0 radical (unpaired) electrons. The van der Waals surface area contributed by atoms with E-state index in [4.69, 9.17) is 0 Å². The summed E-state index contributed by atoms with van der Waals surface area (Å²) < 4.78 is 26.5. The van der Waals surface area contributed by atoms with Crippen molar-refractivity contribution in [2.75, 3.05) is 21.3 Å². The molecule has 1 heterocycles. The molecule has 1 fully saturated rings. The summed E-state index contributed by atoms with van der Waals surface area (Å²) in [6, 6.07) is 11.5. The van der Waals surface area contributed by atoms with E-state index in [1.807, 2.05) is 13.0 Å². The number of anilines is 5. The summed E-state index contributed by atoms with van der Waals surface area (Å²) in [5.41, 5.74) is 2.19. The van der Waals surface area contributed by atoms with E-state index in [0.717, 1.165) is 42.4 Å². The zero-order valence-corrected chi connectivity index (χ0v) is 18.3. The van der Waals surface area contributed by atoms with E-state index in [-0.39, 0.29) is 5.69 Å². The molecule has 1 aromatic heterocycles. The summed E-state index contributed by atoms with van der Waals surface area (Å²) >= 11 is 0. The van der Waals surface area contributed by atoms with Gasteiger partial charge in [0.25, 0.3) is 0 Å². The minimum Gasteiger partial charge on any atom is -0.351 e. The second-order valence-corrected chi connectivity index (χ2v) is 8.14. The second-order valence-electron chi connectivity index (χ2n) is 8.14. The van der Waals surface area contributed by atoms with Crippen molar-refractivity contribution in [2.24, 2.45) is 0 Å². The molecule has 1 aliphatic rings. The van der Waals surface area contributed by atoms with Crippen molar-refractivity contribution >= 4 is 34.9 Å². The van der Waals surface area contributed by atoms with Gasteiger partial charge in [0.05, 0.1) is 0 Å². The van der Waals surface area contributed by atoms with Crippen LogP contribution < -0.4 is 21.3 Å². The van der Waals surface area contributed by atoms with Crippen molar-refractivity contribution in [1.29, 1.82) is 0 Å². The van der Waals surface area contributed by atoms with Gasteiger partial charge in [-0.15, -0.1) is 0 Å². The number of aryl methyl sites for hydroxylation is 1. The molecule has 9 heteroatoms. The van der Waals surface area contributed by atoms with Crippen molar-refractivity contribution in [3.05, 3.63) is 65.9 Å². The first-order chi connectivity index (χ1) is 15.9. The normalized spacial score (nSPS) is 13.9. The Kier molecular flexibility index (Phi) is 6.97. The van der Waals surface area contributed by atoms with Crippen LogP contribution in [-0.2, 0) is 0 Å². The van der Waals surface area contributed by atoms with Gasteiger partial charge in [-0.05, 0) is 56.2 Å². The maximum Gasteiger partial charge on any atom is 0.323 e. The molecule has 1 saturated carbocycles. The van der Waals surface area contributed by atoms with Crippen molar-refractivity contribution in [3.63, 3.8) is 0 Å². The van der Waals surface area contributed by atoms with Crippen LogP contribution in [0.4, 0.5) is 42.4 Å². The minimum atomic E-state index is -0.766. The number of carbonyl (C=O) groups excluding carboxylic acids is 1. The van der Waals surface area contributed by atoms with Gasteiger partial charge in [0, 0.05) is 40.9 Å². The minimum absolute atomic E-state index is 0.0278. The Morgan fingerprint density at radius 2 is 1.48 bits per heavy atom. The number of urea groups is 1. The van der Waals surface area contributed by atoms with Gasteiger partial charge in [-0.2, -0.15) is 4.98 Å². The van der Waals surface area contributed by atoms with Gasteiger partial charge in [-0.1, -0.05) is 19.3 Å². The third-order valence-corrected chi connectivity index (χ3v) is 5.33. The van der Waals surface area contributed by atoms with E-state index in [1.54, 1.807) is 24.3 Å². The van der Waals surface area contributed by atoms with Crippen molar-refractivity contribution in [2.45, 2.75) is 45.1 Å². The number of aromatic nitrogens is 2. The van der Waals surface area contributed by atoms with E-state index in [0.29, 0.717) is 23.5 Å². The Morgan fingerprint density at radius 3 is 2.18 bits per heavy atom. The van der Waals surface area contributed by atoms with Gasteiger partial charge in [0.15, 0.2) is 0 Å². The summed E-state index contributed by atoms with van der Waals surface area (Å²) in [5, 5.41) is 11.7. The molecule has 33 heavy (non-hydrogen) atoms. The number of nitrogens with one attached hydrogen (secondary N) is 4. The van der Waals surface area contributed by atoms with Crippen molar-refractivity contribution < 1.29 is 13.6 Å². The Bertz CT molecular complexity index is 1100. The Hall–Kier alpha value is -3.75. The quantitative estimate of drug-likeness (QED) is 0.358. The van der Waals surface area contributed by atoms with Gasteiger partial charge < -0.3 is 21.3 Å². The summed E-state index contributed by atoms with van der Waals surface area (Å²) in [6.07, 6.45) is 6.01. The lowest BCUT2D eigenvalue weighted by molar-refractivity contribution is 0.262. The highest BCUT2D eigenvalue weighted by Gasteiger charge is 2.15. The first-order valence-electron chi connectivity index (χ1n) is 11.0. The molecular formula is C24H26F2N6O. The maximum atomic E-state index is 13.3. The fraction of sp³-hybridized carbons (Fsp3) is 0.292. The predicted molar refractivity (Wildman–Crippen MR) is 126 cm³/mol. The highest BCUT2D eigenvalue weighted by Crippen LogP contribution is 2.23. The number of carbonyl (C=O) groups is 1. The Balaban J connectivity index is 1.35. The summed E-state index contributed by atoms with van der Waals surface area (Å²) in [4.78, 5) is 21.2. The predicted octanol–water partition coefficient (Wildman–Crippen LogP) is 6.20. The molecule has 0 spiro atoms. The summed E-state index contributed by atoms with van der Waals surface area (Å²) in [5.74, 6) is -0.240. The smallest absolute Gasteiger partial charge is 0.323 e. The molecule has 4 rings (SSSR count). The molecule has 0 bridgehead atoms. The van der Waals surface area contributed by atoms with Gasteiger partial charge in [0.2, 0.25) is 5.95 Å². The Morgan fingerprint density at radius 1 is 0.848 bits per heavy atom. The van der Waals surface area contributed by atoms with Crippen LogP contribution in [0.15, 0.2) is 48.5 Å². The maximum absolute atomic E-state index is 13.3. The molecule has 4 N–H and O–H groups in total. The molecule has 172 valence electrons. The largest absolute Gasteiger partial charge is 0.351 e. The fourth-order valence-corrected chi connectivity index (χ4v) is 3.83. The molecule has 0 atom stereocenters. The average molecular weight is 453 g/mol. The van der Waals surface area contributed by atoms with Crippen molar-refractivity contribution in [1.82, 2.24) is 9.97 Å². The van der Waals surface area contributed by atoms with E-state index in [1.165, 1.54) is 19.3 Å². The van der Waals surface area contributed by atoms with Gasteiger partial charge in [-0.25, -0.2) is 18.6 Å². The lowest BCUT2D eigenvalue weighted by atomic mass is 9.96. The zero-order chi connectivity index (χ0) is 23.2. The van der Waals surface area contributed by atoms with Crippen LogP contribution in [0.25, 0.3) is 0 Å². The summed E-state index contributed by atoms with van der Waals surface area (Å²) in [6.45, 7) is 1.93. The third kappa shape index (κ3) is 6.61. The highest BCUT2D eigenvalue weighted by atomic mass is 19.1. The van der Waals surface area contributed by atoms with Gasteiger partial charge >= 0.3 is 6.03 Å². The van der Waals surface area contributed by atoms with Crippen LogP contribution in [0.3, 0.4) is 0 Å². The van der Waals surface area contributed by atoms with E-state index < -0.39 is 17.7 Å². The number of halogens is 2. The molecule has 2 aromatic carbocycles. The van der Waals surface area contributed by atoms with E-state index >= 15 is 0 Å². The van der Waals surface area contributed by atoms with Crippen LogP contribution >= 0.6 is 0 Å². The fourth-order valence-electron chi connectivity index (χ4n) is 3.83. The number of hydrogen-bond acceptors (Lipinski definition) is 5. The van der Waals surface area contributed by atoms with E-state index in [2.05, 4.69) is 31.2 Å². The molecule has 0 unspecified atom stereocenters. The number of hydrogen-bond donors (Lipinski definition) is 4. The molecule has 0 aliphatic heterocycles. The highest BCUT2D eigenvalue weighted by molar-refractivity contribution is 5.99. The molecule has 0 saturated heterocycles. The SMILES string of the molecule is Cc1cc(Nc2ccc(NC(=O)Nc3cc(F)cc(F)c3)cc2)nc(NC2CCCCC2)n1. The number of nitrogens with zero attached hydrogens (tertiary/aromatic N) is 2. The van der Waals surface area contributed by atoms with Crippen LogP contribution in [0.2, 0.25) is 0 Å². The van der Waals surface area contributed by atoms with E-state index in [9.17, 15) is 13.6 Å². The third-order valence-electron chi connectivity index (χ3n) is 5.33. The number of benzene rings is 2. The molecule has 1 aliphatic carbocycles. The molecular weight excluding hydrogens is 426 g/mol. The van der Waals surface area contributed by atoms with Gasteiger partial charge in [-0.3, -0.25) is 0 Å². The van der Waals surface area contributed by atoms with Crippen LogP contribution in [0, 0.1) is 18.6 Å². The monoisotopic (exact) mass is 452 g/mol. The first kappa shape index (κ1) is 22.4. The zero-order valence-electron chi connectivity index (χ0n) is 18.3. The van der Waals surface area contributed by atoms with Crippen LogP contribution in [0.1, 0.15) is 37.8 Å². The summed E-state index contributed by atoms with van der Waals surface area (Å²) in [7, 11) is 0. The first-order valence-corrected chi connectivity index (χ1v) is 11.0. The van der Waals surface area contributed by atoms with Crippen LogP contribution in [0.5, 0.6) is 0 Å². The molecule has 7 nitrogen and oxygen atoms in total. The second kappa shape index (κ2) is 10.2. The van der Waals surface area contributed by atoms with Crippen molar-refractivity contribution in [3.8, 4) is 0 Å². The standard InChI is InChI=1S/C24H26F2N6O/c1-15-11-22(32-23(27-15)29-18-5-3-2-4-6-18)28-19-7-9-20(10-8-19)30-24(33)31-21-13-16(25)12-17(26)14-21/h7-14,18H,2-6H2,1H3,(H2,30,31,33)(H2,27,28,29,32). The number of amides is 2. The van der Waals surface area contributed by atoms with Gasteiger partial charge in [0.1, 0.15) is 17.5 Å². The Labute approximate surface area is 191 Å². The molecule has 3 aromatic rings.